The standard InChI is InChI=1S/C14H19N3/c1-2-3-9-15-14-7-5-13(6-8-14)12-17-11-4-10-16-17/h4-8,10-11,15H,2-3,9,12H2,1H3. The molecule has 0 radical (unpaired) electrons. The van der Waals surface area contributed by atoms with Gasteiger partial charge in [0.05, 0.1) is 6.54 Å². The zero-order valence-corrected chi connectivity index (χ0v) is 10.3. The van der Waals surface area contributed by atoms with Crippen LogP contribution in [0.5, 0.6) is 0 Å². The van der Waals surface area contributed by atoms with Crippen LogP contribution in [0.15, 0.2) is 42.7 Å². The predicted octanol–water partition coefficient (Wildman–Crippen LogP) is 3.14. The van der Waals surface area contributed by atoms with E-state index >= 15 is 0 Å². The number of aromatic nitrogens is 2. The van der Waals surface area contributed by atoms with Crippen LogP contribution in [0.2, 0.25) is 0 Å². The Morgan fingerprint density at radius 2 is 2.06 bits per heavy atom. The van der Waals surface area contributed by atoms with Crippen LogP contribution in [-0.2, 0) is 6.54 Å². The molecule has 90 valence electrons. The largest absolute Gasteiger partial charge is 0.385 e. The van der Waals surface area contributed by atoms with E-state index in [2.05, 4.69) is 41.6 Å². The Hall–Kier alpha value is -1.77. The van der Waals surface area contributed by atoms with Crippen molar-refractivity contribution >= 4 is 5.69 Å². The van der Waals surface area contributed by atoms with Gasteiger partial charge in [0, 0.05) is 24.6 Å². The minimum atomic E-state index is 0.836. The summed E-state index contributed by atoms with van der Waals surface area (Å²) in [6.45, 7) is 4.09. The first-order valence-corrected chi connectivity index (χ1v) is 6.18. The lowest BCUT2D eigenvalue weighted by molar-refractivity contribution is 0.687. The van der Waals surface area contributed by atoms with Gasteiger partial charge in [-0.1, -0.05) is 25.5 Å². The molecule has 1 aromatic heterocycles. The predicted molar refractivity (Wildman–Crippen MR) is 71.2 cm³/mol. The summed E-state index contributed by atoms with van der Waals surface area (Å²) in [5.74, 6) is 0. The minimum absolute atomic E-state index is 0.836. The molecule has 0 fully saturated rings. The van der Waals surface area contributed by atoms with Crippen molar-refractivity contribution in [1.82, 2.24) is 9.78 Å². The van der Waals surface area contributed by atoms with Gasteiger partial charge in [0.1, 0.15) is 0 Å². The molecule has 0 aliphatic carbocycles. The van der Waals surface area contributed by atoms with Crippen LogP contribution in [0.1, 0.15) is 25.3 Å². The normalized spacial score (nSPS) is 10.4. The zero-order valence-electron chi connectivity index (χ0n) is 10.3. The number of anilines is 1. The molecule has 17 heavy (non-hydrogen) atoms. The summed E-state index contributed by atoms with van der Waals surface area (Å²) in [5, 5.41) is 7.60. The Morgan fingerprint density at radius 3 is 2.71 bits per heavy atom. The summed E-state index contributed by atoms with van der Waals surface area (Å²) in [6, 6.07) is 10.5. The third-order valence-electron chi connectivity index (χ3n) is 2.72. The lowest BCUT2D eigenvalue weighted by Crippen LogP contribution is -2.02. The summed E-state index contributed by atoms with van der Waals surface area (Å²) in [6.07, 6.45) is 6.23. The molecule has 1 N–H and O–H groups in total. The van der Waals surface area contributed by atoms with Crippen molar-refractivity contribution in [2.45, 2.75) is 26.3 Å². The maximum Gasteiger partial charge on any atom is 0.0659 e. The fourth-order valence-corrected chi connectivity index (χ4v) is 1.72. The van der Waals surface area contributed by atoms with Crippen LogP contribution < -0.4 is 5.32 Å². The van der Waals surface area contributed by atoms with E-state index in [4.69, 9.17) is 0 Å². The third-order valence-corrected chi connectivity index (χ3v) is 2.72. The molecule has 1 heterocycles. The molecule has 0 atom stereocenters. The highest BCUT2D eigenvalue weighted by atomic mass is 15.3. The highest BCUT2D eigenvalue weighted by Gasteiger charge is 1.96. The number of nitrogens with zero attached hydrogens (tertiary/aromatic N) is 2. The van der Waals surface area contributed by atoms with E-state index in [0.29, 0.717) is 0 Å². The van der Waals surface area contributed by atoms with Gasteiger partial charge in [-0.15, -0.1) is 0 Å². The molecule has 3 nitrogen and oxygen atoms in total. The topological polar surface area (TPSA) is 29.9 Å². The van der Waals surface area contributed by atoms with Crippen LogP contribution >= 0.6 is 0 Å². The molecular weight excluding hydrogens is 210 g/mol. The second-order valence-corrected chi connectivity index (χ2v) is 4.18. The van der Waals surface area contributed by atoms with E-state index in [0.717, 1.165) is 13.1 Å². The number of rotatable bonds is 6. The third kappa shape index (κ3) is 3.63. The lowest BCUT2D eigenvalue weighted by Gasteiger charge is -2.07. The van der Waals surface area contributed by atoms with Crippen molar-refractivity contribution < 1.29 is 0 Å². The number of nitrogens with one attached hydrogen (secondary N) is 1. The zero-order chi connectivity index (χ0) is 11.9. The molecule has 0 saturated heterocycles. The summed E-state index contributed by atoms with van der Waals surface area (Å²) in [7, 11) is 0. The fourth-order valence-electron chi connectivity index (χ4n) is 1.72. The summed E-state index contributed by atoms with van der Waals surface area (Å²) < 4.78 is 1.93. The van der Waals surface area contributed by atoms with E-state index in [1.165, 1.54) is 24.1 Å². The van der Waals surface area contributed by atoms with Crippen LogP contribution in [-0.4, -0.2) is 16.3 Å². The minimum Gasteiger partial charge on any atom is -0.385 e. The summed E-state index contributed by atoms with van der Waals surface area (Å²) >= 11 is 0. The van der Waals surface area contributed by atoms with E-state index in [1.807, 2.05) is 16.9 Å². The molecule has 3 heteroatoms. The Balaban J connectivity index is 1.89. The second kappa shape index (κ2) is 6.09. The summed E-state index contributed by atoms with van der Waals surface area (Å²) in [5.41, 5.74) is 2.47. The molecule has 0 amide bonds. The smallest absolute Gasteiger partial charge is 0.0659 e. The first-order valence-electron chi connectivity index (χ1n) is 6.18. The van der Waals surface area contributed by atoms with Gasteiger partial charge in [0.15, 0.2) is 0 Å². The number of hydrogen-bond acceptors (Lipinski definition) is 2. The van der Waals surface area contributed by atoms with Gasteiger partial charge in [-0.2, -0.15) is 5.10 Å². The van der Waals surface area contributed by atoms with E-state index < -0.39 is 0 Å². The molecule has 0 aliphatic heterocycles. The maximum absolute atomic E-state index is 4.20. The molecule has 0 spiro atoms. The first-order chi connectivity index (χ1) is 8.38. The van der Waals surface area contributed by atoms with E-state index in [1.54, 1.807) is 6.20 Å². The molecule has 0 saturated carbocycles. The molecule has 0 unspecified atom stereocenters. The molecule has 0 bridgehead atoms. The van der Waals surface area contributed by atoms with Crippen molar-refractivity contribution in [2.75, 3.05) is 11.9 Å². The Labute approximate surface area is 102 Å². The van der Waals surface area contributed by atoms with Crippen LogP contribution in [0.4, 0.5) is 5.69 Å². The van der Waals surface area contributed by atoms with Crippen molar-refractivity contribution in [1.29, 1.82) is 0 Å². The van der Waals surface area contributed by atoms with Crippen molar-refractivity contribution in [3.05, 3.63) is 48.3 Å². The van der Waals surface area contributed by atoms with Crippen molar-refractivity contribution in [3.63, 3.8) is 0 Å². The van der Waals surface area contributed by atoms with Gasteiger partial charge >= 0.3 is 0 Å². The quantitative estimate of drug-likeness (QED) is 0.771. The van der Waals surface area contributed by atoms with Crippen molar-refractivity contribution in [3.8, 4) is 0 Å². The fraction of sp³-hybridized carbons (Fsp3) is 0.357. The lowest BCUT2D eigenvalue weighted by atomic mass is 10.2. The molecule has 0 aliphatic rings. The van der Waals surface area contributed by atoms with Gasteiger partial charge in [-0.25, -0.2) is 0 Å². The SMILES string of the molecule is CCCCNc1ccc(Cn2cccn2)cc1. The first kappa shape index (κ1) is 11.7. The molecule has 1 aromatic carbocycles. The van der Waals surface area contributed by atoms with E-state index in [-0.39, 0.29) is 0 Å². The van der Waals surface area contributed by atoms with Crippen LogP contribution in [0.3, 0.4) is 0 Å². The maximum atomic E-state index is 4.20. The Bertz CT molecular complexity index is 417. The highest BCUT2D eigenvalue weighted by molar-refractivity contribution is 5.44. The monoisotopic (exact) mass is 229 g/mol. The highest BCUT2D eigenvalue weighted by Crippen LogP contribution is 2.10. The molecule has 2 rings (SSSR count). The van der Waals surface area contributed by atoms with Gasteiger partial charge in [0.25, 0.3) is 0 Å². The average Bonchev–Trinajstić information content (AvgIpc) is 2.85. The van der Waals surface area contributed by atoms with Crippen LogP contribution in [0, 0.1) is 0 Å². The van der Waals surface area contributed by atoms with Gasteiger partial charge in [0.2, 0.25) is 0 Å². The van der Waals surface area contributed by atoms with Gasteiger partial charge < -0.3 is 5.32 Å². The molecular formula is C14H19N3. The van der Waals surface area contributed by atoms with Crippen LogP contribution in [0.25, 0.3) is 0 Å². The Kier molecular flexibility index (Phi) is 4.19. The van der Waals surface area contributed by atoms with Gasteiger partial charge in [-0.3, -0.25) is 4.68 Å². The number of unbranched alkanes of at least 4 members (excludes halogenated alkanes) is 1. The summed E-state index contributed by atoms with van der Waals surface area (Å²) in [4.78, 5) is 0. The number of hydrogen-bond donors (Lipinski definition) is 1. The van der Waals surface area contributed by atoms with E-state index in [9.17, 15) is 0 Å². The Morgan fingerprint density at radius 1 is 1.24 bits per heavy atom. The average molecular weight is 229 g/mol. The number of benzene rings is 1. The van der Waals surface area contributed by atoms with Crippen molar-refractivity contribution in [2.24, 2.45) is 0 Å². The molecule has 2 aromatic rings. The second-order valence-electron chi connectivity index (χ2n) is 4.18. The van der Waals surface area contributed by atoms with Gasteiger partial charge in [-0.05, 0) is 30.2 Å².